The maximum Gasteiger partial charge on any atom is 0.422 e. The third kappa shape index (κ3) is 6.08. The first kappa shape index (κ1) is 29.7. The van der Waals surface area contributed by atoms with Crippen molar-refractivity contribution in [3.05, 3.63) is 82.4 Å². The van der Waals surface area contributed by atoms with Gasteiger partial charge in [0.05, 0.1) is 29.6 Å². The number of anilines is 2. The molecule has 2 aromatic carbocycles. The van der Waals surface area contributed by atoms with Crippen LogP contribution in [-0.2, 0) is 21.6 Å². The van der Waals surface area contributed by atoms with E-state index >= 15 is 4.39 Å². The summed E-state index contributed by atoms with van der Waals surface area (Å²) in [4.78, 5) is 56.8. The average molecular weight is 612 g/mol. The molecule has 4 N–H and O–H groups in total. The number of nitrogens with zero attached hydrogens (tertiary/aromatic N) is 2. The molecule has 224 valence electrons. The van der Waals surface area contributed by atoms with Gasteiger partial charge in [-0.1, -0.05) is 11.6 Å². The van der Waals surface area contributed by atoms with Gasteiger partial charge in [0.25, 0.3) is 11.8 Å². The van der Waals surface area contributed by atoms with Crippen LogP contribution in [0.2, 0.25) is 5.02 Å². The van der Waals surface area contributed by atoms with Crippen molar-refractivity contribution < 1.29 is 38.1 Å². The van der Waals surface area contributed by atoms with E-state index in [2.05, 4.69) is 20.9 Å². The van der Waals surface area contributed by atoms with Gasteiger partial charge in [-0.15, -0.1) is 0 Å². The Kier molecular flexibility index (Phi) is 8.46. The number of piperidine rings is 1. The summed E-state index contributed by atoms with van der Waals surface area (Å²) in [5.41, 5.74) is -0.673. The quantitative estimate of drug-likeness (QED) is 0.309. The van der Waals surface area contributed by atoms with Gasteiger partial charge in [-0.2, -0.15) is 0 Å². The maximum atomic E-state index is 15.6. The van der Waals surface area contributed by atoms with Crippen LogP contribution in [0.5, 0.6) is 5.75 Å². The van der Waals surface area contributed by atoms with Crippen molar-refractivity contribution in [1.82, 2.24) is 15.6 Å². The van der Waals surface area contributed by atoms with Crippen molar-refractivity contribution in [3.63, 3.8) is 0 Å². The van der Waals surface area contributed by atoms with E-state index in [9.17, 15) is 19.2 Å². The number of benzene rings is 2. The first-order chi connectivity index (χ1) is 20.6. The lowest BCUT2D eigenvalue weighted by Gasteiger charge is -2.44. The Morgan fingerprint density at radius 3 is 2.60 bits per heavy atom. The molecule has 2 aliphatic heterocycles. The van der Waals surface area contributed by atoms with Crippen molar-refractivity contribution in [1.29, 1.82) is 0 Å². The number of methoxy groups -OCH3 is 1. The SMILES string of the molecule is COc1ccc(C[C@H](NC(=O)c2ccc(NC(=O)O)cc2)C(=O)N2C(=O)OC3(CCCNC3)c3c2ccc(Cl)c3F)nc1. The van der Waals surface area contributed by atoms with Gasteiger partial charge in [0, 0.05) is 29.9 Å². The van der Waals surface area contributed by atoms with Gasteiger partial charge in [-0.25, -0.2) is 18.9 Å². The van der Waals surface area contributed by atoms with E-state index in [1.807, 2.05) is 0 Å². The molecule has 0 aliphatic carbocycles. The Morgan fingerprint density at radius 2 is 1.98 bits per heavy atom. The third-order valence-corrected chi connectivity index (χ3v) is 7.54. The number of pyridine rings is 1. The van der Waals surface area contributed by atoms with E-state index in [0.29, 0.717) is 35.7 Å². The van der Waals surface area contributed by atoms with Crippen molar-refractivity contribution in [2.45, 2.75) is 30.9 Å². The summed E-state index contributed by atoms with van der Waals surface area (Å²) in [5.74, 6) is -1.91. The van der Waals surface area contributed by atoms with Crippen LogP contribution in [0.3, 0.4) is 0 Å². The van der Waals surface area contributed by atoms with Gasteiger partial charge in [0.2, 0.25) is 0 Å². The summed E-state index contributed by atoms with van der Waals surface area (Å²) >= 11 is 6.13. The Hall–Kier alpha value is -4.75. The second-order valence-corrected chi connectivity index (χ2v) is 10.4. The summed E-state index contributed by atoms with van der Waals surface area (Å²) in [5, 5.41) is 16.6. The van der Waals surface area contributed by atoms with Crippen molar-refractivity contribution in [2.75, 3.05) is 30.4 Å². The molecule has 3 aromatic rings. The minimum Gasteiger partial charge on any atom is -0.495 e. The van der Waals surface area contributed by atoms with E-state index in [0.717, 1.165) is 0 Å². The molecule has 1 fully saturated rings. The van der Waals surface area contributed by atoms with Crippen molar-refractivity contribution >= 4 is 47.0 Å². The molecule has 2 aliphatic rings. The Bertz CT molecular complexity index is 1560. The highest BCUT2D eigenvalue weighted by atomic mass is 35.5. The van der Waals surface area contributed by atoms with Crippen LogP contribution in [0.1, 0.15) is 34.5 Å². The van der Waals surface area contributed by atoms with E-state index in [4.69, 9.17) is 26.2 Å². The molecular formula is C29H27ClFN5O7. The molecule has 43 heavy (non-hydrogen) atoms. The molecule has 14 heteroatoms. The fourth-order valence-electron chi connectivity index (χ4n) is 5.20. The van der Waals surface area contributed by atoms with Gasteiger partial charge in [0.15, 0.2) is 11.4 Å². The minimum atomic E-state index is -1.36. The molecule has 5 rings (SSSR count). The lowest BCUT2D eigenvalue weighted by atomic mass is 9.83. The van der Waals surface area contributed by atoms with Crippen LogP contribution >= 0.6 is 11.6 Å². The smallest absolute Gasteiger partial charge is 0.422 e. The summed E-state index contributed by atoms with van der Waals surface area (Å²) in [7, 11) is 1.47. The molecule has 1 unspecified atom stereocenters. The molecule has 3 heterocycles. The van der Waals surface area contributed by atoms with Crippen LogP contribution in [-0.4, -0.2) is 60.3 Å². The van der Waals surface area contributed by atoms with Gasteiger partial charge in [-0.3, -0.25) is 19.9 Å². The van der Waals surface area contributed by atoms with Crippen LogP contribution in [0.25, 0.3) is 0 Å². The van der Waals surface area contributed by atoms with Crippen molar-refractivity contribution in [3.8, 4) is 5.75 Å². The van der Waals surface area contributed by atoms with E-state index in [-0.39, 0.29) is 40.5 Å². The average Bonchev–Trinajstić information content (AvgIpc) is 2.99. The molecule has 1 saturated heterocycles. The lowest BCUT2D eigenvalue weighted by molar-refractivity contribution is -0.121. The Morgan fingerprint density at radius 1 is 1.21 bits per heavy atom. The van der Waals surface area contributed by atoms with Gasteiger partial charge in [0.1, 0.15) is 11.8 Å². The summed E-state index contributed by atoms with van der Waals surface area (Å²) in [6.07, 6.45) is -0.0828. The number of hydrogen-bond donors (Lipinski definition) is 4. The van der Waals surface area contributed by atoms with Gasteiger partial charge in [-0.05, 0) is 67.9 Å². The fourth-order valence-corrected chi connectivity index (χ4v) is 5.35. The fraction of sp³-hybridized carbons (Fsp3) is 0.276. The van der Waals surface area contributed by atoms with E-state index < -0.39 is 41.5 Å². The molecule has 1 spiro atoms. The molecule has 0 saturated carbocycles. The highest BCUT2D eigenvalue weighted by molar-refractivity contribution is 6.31. The lowest BCUT2D eigenvalue weighted by Crippen LogP contribution is -2.58. The largest absolute Gasteiger partial charge is 0.495 e. The second-order valence-electron chi connectivity index (χ2n) is 10.00. The number of carbonyl (C=O) groups excluding carboxylic acids is 3. The monoisotopic (exact) mass is 611 g/mol. The first-order valence-electron chi connectivity index (χ1n) is 13.3. The number of imide groups is 1. The minimum absolute atomic E-state index is 0.0191. The Labute approximate surface area is 250 Å². The van der Waals surface area contributed by atoms with Crippen LogP contribution in [0.4, 0.5) is 25.4 Å². The third-order valence-electron chi connectivity index (χ3n) is 7.25. The second kappa shape index (κ2) is 12.2. The molecule has 4 amide bonds. The summed E-state index contributed by atoms with van der Waals surface area (Å²) in [6, 6.07) is 10.0. The van der Waals surface area contributed by atoms with E-state index in [1.165, 1.54) is 49.7 Å². The molecule has 2 atom stereocenters. The number of ether oxygens (including phenoxy) is 2. The van der Waals surface area contributed by atoms with E-state index in [1.54, 1.807) is 12.1 Å². The number of fused-ring (bicyclic) bond motifs is 2. The normalized spacial score (nSPS) is 18.3. The number of rotatable bonds is 7. The zero-order valence-corrected chi connectivity index (χ0v) is 23.6. The predicted octanol–water partition coefficient (Wildman–Crippen LogP) is 4.08. The standard InChI is InChI=1S/C29H27ClFN5O7/c1-42-19-8-7-18(33-14-19)13-21(35-25(37)16-3-5-17(6-4-16)34-27(39)40)26(38)36-22-10-9-20(30)24(31)23(22)29(43-28(36)41)11-2-12-32-15-29/h3-10,14,21,32,34H,2,11-13,15H2,1H3,(H,35,37)(H,39,40)/t21-,29?/m0/s1. The number of halogens is 2. The number of amides is 4. The molecule has 0 radical (unpaired) electrons. The molecule has 1 aromatic heterocycles. The van der Waals surface area contributed by atoms with Gasteiger partial charge < -0.3 is 25.2 Å². The maximum absolute atomic E-state index is 15.6. The van der Waals surface area contributed by atoms with Crippen LogP contribution in [0, 0.1) is 5.82 Å². The predicted molar refractivity (Wildman–Crippen MR) is 153 cm³/mol. The Balaban J connectivity index is 1.50. The number of carboxylic acid groups (broad SMARTS) is 1. The van der Waals surface area contributed by atoms with Crippen LogP contribution < -0.4 is 25.6 Å². The topological polar surface area (TPSA) is 159 Å². The summed E-state index contributed by atoms with van der Waals surface area (Å²) < 4.78 is 26.5. The highest BCUT2D eigenvalue weighted by Gasteiger charge is 2.50. The number of nitrogens with one attached hydrogen (secondary N) is 3. The van der Waals surface area contributed by atoms with Crippen molar-refractivity contribution in [2.24, 2.45) is 0 Å². The zero-order valence-electron chi connectivity index (χ0n) is 22.9. The zero-order chi connectivity index (χ0) is 30.7. The summed E-state index contributed by atoms with van der Waals surface area (Å²) in [6.45, 7) is 0.781. The molecule has 12 nitrogen and oxygen atoms in total. The first-order valence-corrected chi connectivity index (χ1v) is 13.7. The van der Waals surface area contributed by atoms with Crippen LogP contribution in [0.15, 0.2) is 54.7 Å². The number of aromatic nitrogens is 1. The number of hydrogen-bond acceptors (Lipinski definition) is 8. The highest BCUT2D eigenvalue weighted by Crippen LogP contribution is 2.46. The molecular weight excluding hydrogens is 585 g/mol. The molecule has 0 bridgehead atoms. The van der Waals surface area contributed by atoms with Gasteiger partial charge >= 0.3 is 12.2 Å². The number of carbonyl (C=O) groups is 4.